The highest BCUT2D eigenvalue weighted by molar-refractivity contribution is 6.89. The molecule has 5 atom stereocenters. The largest absolute Gasteiger partial charge is 0.439 e. The van der Waals surface area contributed by atoms with E-state index in [9.17, 15) is 65.9 Å². The van der Waals surface area contributed by atoms with Crippen molar-refractivity contribution in [2.75, 3.05) is 0 Å². The minimum atomic E-state index is -4.95. The molecule has 0 aliphatic carbocycles. The van der Waals surface area contributed by atoms with E-state index in [4.69, 9.17) is 25.6 Å². The first-order valence-electron chi connectivity index (χ1n) is 15.2. The minimum absolute atomic E-state index is 0.637. The summed E-state index contributed by atoms with van der Waals surface area (Å²) in [4.78, 5) is 0. The quantitative estimate of drug-likeness (QED) is 0.0496. The zero-order valence-electron chi connectivity index (χ0n) is 28.8. The molecule has 302 valence electrons. The van der Waals surface area contributed by atoms with E-state index in [1.54, 1.807) is 19.6 Å². The molecule has 0 bridgehead atoms. The van der Waals surface area contributed by atoms with E-state index in [0.29, 0.717) is 0 Å². The third-order valence-electron chi connectivity index (χ3n) is 6.50. The average Bonchev–Trinajstić information content (AvgIpc) is 2.84. The summed E-state index contributed by atoms with van der Waals surface area (Å²) in [6.45, 7) is 9.76. The number of halogens is 15. The molecule has 0 radical (unpaired) electrons. The molecule has 0 aromatic rings. The summed E-state index contributed by atoms with van der Waals surface area (Å²) in [5, 5.41) is 0. The molecule has 50 heavy (non-hydrogen) atoms. The third kappa shape index (κ3) is 25.9. The van der Waals surface area contributed by atoms with E-state index >= 15 is 0 Å². The van der Waals surface area contributed by atoms with Gasteiger partial charge in [-0.15, -0.1) is 0 Å². The van der Waals surface area contributed by atoms with E-state index in [2.05, 4.69) is 0 Å². The van der Waals surface area contributed by atoms with E-state index in [0.717, 1.165) is 26.2 Å². The van der Waals surface area contributed by atoms with Gasteiger partial charge in [0.2, 0.25) is 8.32 Å². The molecule has 5 unspecified atom stereocenters. The summed E-state index contributed by atoms with van der Waals surface area (Å²) < 4.78 is 234. The summed E-state index contributed by atoms with van der Waals surface area (Å²) in [7, 11) is -24.0. The molecule has 0 aromatic heterocycles. The van der Waals surface area contributed by atoms with Crippen LogP contribution in [0.25, 0.3) is 0 Å². The van der Waals surface area contributed by atoms with Gasteiger partial charge in [0.25, 0.3) is 0 Å². The Morgan fingerprint density at radius 3 is 1.00 bits per heavy atom. The molecular weight excluding hydrogens is 826 g/mol. The smallest absolute Gasteiger partial charge is 0.389 e. The first kappa shape index (κ1) is 50.0. The Labute approximate surface area is 288 Å². The van der Waals surface area contributed by atoms with Crippen LogP contribution in [-0.4, -0.2) is 82.5 Å². The SMILES string of the molecule is C[SiH](CCC(F)(F)F)O[Si](C)(CCC(F)(F)F)O[Si](C)(CCC(F)(F)F)O[Si](C)(CCC(F)(F)F)O[Si](C)(CCC(F)(F)F)OO[Si](C)(C)C. The first-order valence-corrected chi connectivity index (χ1v) is 31.2. The minimum Gasteiger partial charge on any atom is -0.439 e. The molecule has 0 spiro atoms. The van der Waals surface area contributed by atoms with Crippen molar-refractivity contribution >= 4 is 51.6 Å². The number of hydrogen-bond donors (Lipinski definition) is 0. The monoisotopic (exact) mass is 870 g/mol. The predicted octanol–water partition coefficient (Wildman–Crippen LogP) is 11.2. The molecule has 0 amide bonds. The van der Waals surface area contributed by atoms with Crippen LogP contribution in [0.2, 0.25) is 82.6 Å². The summed E-state index contributed by atoms with van der Waals surface area (Å²) in [5.41, 5.74) is 0. The van der Waals surface area contributed by atoms with Gasteiger partial charge in [-0.2, -0.15) is 65.9 Å². The molecule has 0 saturated heterocycles. The van der Waals surface area contributed by atoms with Crippen LogP contribution in [0, 0.1) is 0 Å². The summed E-state index contributed by atoms with van der Waals surface area (Å²) in [5.74, 6) is 0. The summed E-state index contributed by atoms with van der Waals surface area (Å²) >= 11 is 0. The van der Waals surface area contributed by atoms with E-state index < -0.39 is 145 Å². The Balaban J connectivity index is 7.07. The van der Waals surface area contributed by atoms with Gasteiger partial charge in [0.1, 0.15) is 0 Å². The lowest BCUT2D eigenvalue weighted by molar-refractivity contribution is -0.150. The van der Waals surface area contributed by atoms with Crippen molar-refractivity contribution in [1.82, 2.24) is 0 Å². The molecular formula is C23H45F15O6Si6. The normalized spacial score (nSPS) is 19.7. The highest BCUT2D eigenvalue weighted by atomic mass is 28.5. The molecule has 0 rings (SSSR count). The van der Waals surface area contributed by atoms with Gasteiger partial charge in [-0.05, 0) is 76.6 Å². The van der Waals surface area contributed by atoms with Gasteiger partial charge in [0, 0.05) is 38.1 Å². The van der Waals surface area contributed by atoms with Crippen LogP contribution in [0.15, 0.2) is 0 Å². The number of hydrogen-bond acceptors (Lipinski definition) is 6. The Bertz CT molecular complexity index is 1010. The Kier molecular flexibility index (Phi) is 18.1. The Hall–Kier alpha value is 0.0113. The Morgan fingerprint density at radius 1 is 0.400 bits per heavy atom. The van der Waals surface area contributed by atoms with Crippen LogP contribution in [-0.2, 0) is 25.6 Å². The number of rotatable bonds is 21. The standard InChI is InChI=1S/C23H45F15O6Si6/c1-45(14-9-19(24,25)26)41-48(6,16-11-21(30,31)32)43-50(8,18-13-23(36,37)38)44-49(7,17-12-22(33,34)35)42-47(5,15-10-20(27,28)29)40-39-46(2,3)4/h45H,9-18H2,1-8H3. The second kappa shape index (κ2) is 18.1. The van der Waals surface area contributed by atoms with Crippen LogP contribution in [0.1, 0.15) is 32.1 Å². The van der Waals surface area contributed by atoms with Gasteiger partial charge in [0.05, 0.1) is 0 Å². The van der Waals surface area contributed by atoms with Gasteiger partial charge in [-0.25, -0.2) is 0 Å². The van der Waals surface area contributed by atoms with Crippen LogP contribution in [0.5, 0.6) is 0 Å². The fraction of sp³-hybridized carbons (Fsp3) is 1.00. The highest BCUT2D eigenvalue weighted by Gasteiger charge is 2.55. The molecule has 0 aromatic carbocycles. The van der Waals surface area contributed by atoms with Crippen molar-refractivity contribution in [1.29, 1.82) is 0 Å². The van der Waals surface area contributed by atoms with Gasteiger partial charge < -0.3 is 16.5 Å². The van der Waals surface area contributed by atoms with Crippen molar-refractivity contribution < 1.29 is 91.5 Å². The fourth-order valence-corrected chi connectivity index (χ4v) is 29.5. The van der Waals surface area contributed by atoms with Gasteiger partial charge in [-0.1, -0.05) is 0 Å². The molecule has 0 heterocycles. The fourth-order valence-electron chi connectivity index (χ4n) is 4.40. The summed E-state index contributed by atoms with van der Waals surface area (Å²) in [6, 6.07) is -4.81. The topological polar surface area (TPSA) is 55.4 Å². The third-order valence-corrected chi connectivity index (χ3v) is 27.4. The number of alkyl halides is 15. The molecule has 0 fully saturated rings. The van der Waals surface area contributed by atoms with Gasteiger partial charge in [0.15, 0.2) is 9.04 Å². The Morgan fingerprint density at radius 2 is 0.680 bits per heavy atom. The molecule has 0 N–H and O–H groups in total. The predicted molar refractivity (Wildman–Crippen MR) is 167 cm³/mol. The van der Waals surface area contributed by atoms with E-state index in [1.807, 2.05) is 0 Å². The van der Waals surface area contributed by atoms with Crippen molar-refractivity contribution in [3.8, 4) is 0 Å². The van der Waals surface area contributed by atoms with Crippen LogP contribution >= 0.6 is 0 Å². The van der Waals surface area contributed by atoms with Crippen LogP contribution in [0.3, 0.4) is 0 Å². The summed E-state index contributed by atoms with van der Waals surface area (Å²) in [6.07, 6.45) is -32.2. The second-order valence-corrected chi connectivity index (χ2v) is 34.9. The molecule has 0 saturated carbocycles. The van der Waals surface area contributed by atoms with Crippen LogP contribution in [0.4, 0.5) is 65.9 Å². The van der Waals surface area contributed by atoms with Crippen LogP contribution < -0.4 is 0 Å². The van der Waals surface area contributed by atoms with Crippen molar-refractivity contribution in [3.63, 3.8) is 0 Å². The second-order valence-electron chi connectivity index (χ2n) is 13.7. The molecule has 0 aliphatic heterocycles. The zero-order chi connectivity index (χ0) is 39.9. The zero-order valence-corrected chi connectivity index (χ0v) is 34.9. The van der Waals surface area contributed by atoms with Crippen molar-refractivity contribution in [3.05, 3.63) is 0 Å². The lowest BCUT2D eigenvalue weighted by Gasteiger charge is -2.45. The van der Waals surface area contributed by atoms with E-state index in [1.165, 1.54) is 6.55 Å². The maximum absolute atomic E-state index is 13.5. The van der Waals surface area contributed by atoms with E-state index in [-0.39, 0.29) is 0 Å². The van der Waals surface area contributed by atoms with Crippen molar-refractivity contribution in [2.45, 2.75) is 146 Å². The molecule has 6 nitrogen and oxygen atoms in total. The average molecular weight is 871 g/mol. The molecule has 0 aliphatic rings. The highest BCUT2D eigenvalue weighted by Crippen LogP contribution is 2.40. The maximum Gasteiger partial charge on any atom is 0.389 e. The van der Waals surface area contributed by atoms with Crippen molar-refractivity contribution in [2.24, 2.45) is 0 Å². The van der Waals surface area contributed by atoms with Gasteiger partial charge in [-0.3, -0.25) is 9.15 Å². The van der Waals surface area contributed by atoms with Gasteiger partial charge >= 0.3 is 65.1 Å². The maximum atomic E-state index is 13.5. The molecule has 27 heteroatoms. The lowest BCUT2D eigenvalue weighted by Crippen LogP contribution is -2.62. The first-order chi connectivity index (χ1) is 21.8. The lowest BCUT2D eigenvalue weighted by atomic mass is 10.5.